The van der Waals surface area contributed by atoms with Gasteiger partial charge in [-0.15, -0.1) is 0 Å². The summed E-state index contributed by atoms with van der Waals surface area (Å²) in [7, 11) is 1.30. The molecule has 0 spiro atoms. The minimum atomic E-state index is -0.555. The predicted molar refractivity (Wildman–Crippen MR) is 69.1 cm³/mol. The largest absolute Gasteiger partial charge is 0.453 e. The van der Waals surface area contributed by atoms with E-state index in [2.05, 4.69) is 23.9 Å². The second kappa shape index (κ2) is 5.59. The van der Waals surface area contributed by atoms with E-state index >= 15 is 0 Å². The van der Waals surface area contributed by atoms with E-state index in [0.717, 1.165) is 19.5 Å². The summed E-state index contributed by atoms with van der Waals surface area (Å²) in [6.07, 6.45) is 0.447. The normalized spacial score (nSPS) is 19.8. The average molecular weight is 256 g/mol. The Hall–Kier alpha value is -1.26. The first kappa shape index (κ1) is 14.8. The Balaban J connectivity index is 2.69. The minimum absolute atomic E-state index is 0.0130. The number of amides is 2. The molecule has 0 radical (unpaired) electrons. The molecule has 1 unspecified atom stereocenters. The molecular weight excluding hydrogens is 232 g/mol. The number of alkyl carbamates (subject to hydrolysis) is 1. The summed E-state index contributed by atoms with van der Waals surface area (Å²) in [4.78, 5) is 25.5. The van der Waals surface area contributed by atoms with Gasteiger partial charge in [0, 0.05) is 13.1 Å². The van der Waals surface area contributed by atoms with Crippen LogP contribution in [0, 0.1) is 11.3 Å². The van der Waals surface area contributed by atoms with Crippen LogP contribution in [0.1, 0.15) is 34.1 Å². The summed E-state index contributed by atoms with van der Waals surface area (Å²) in [5, 5.41) is 2.62. The molecule has 5 nitrogen and oxygen atoms in total. The Bertz CT molecular complexity index is 326. The molecule has 1 fully saturated rings. The van der Waals surface area contributed by atoms with Crippen molar-refractivity contribution in [3.05, 3.63) is 0 Å². The third-order valence-corrected chi connectivity index (χ3v) is 3.38. The monoisotopic (exact) mass is 256 g/mol. The van der Waals surface area contributed by atoms with Gasteiger partial charge in [0.05, 0.1) is 7.11 Å². The van der Waals surface area contributed by atoms with Gasteiger partial charge >= 0.3 is 6.09 Å². The summed E-state index contributed by atoms with van der Waals surface area (Å²) >= 11 is 0. The fourth-order valence-electron chi connectivity index (χ4n) is 2.20. The molecule has 104 valence electrons. The fourth-order valence-corrected chi connectivity index (χ4v) is 2.20. The number of nitrogens with zero attached hydrogens (tertiary/aromatic N) is 1. The molecule has 1 saturated heterocycles. The standard InChI is InChI=1S/C13H24N2O3/c1-9(2)10(14-12(17)18-5)11(16)15-7-6-13(3,4)8-15/h9-10H,6-8H2,1-5H3,(H,14,17). The molecule has 0 aromatic carbocycles. The number of likely N-dealkylation sites (tertiary alicyclic amines) is 1. The van der Waals surface area contributed by atoms with Crippen molar-refractivity contribution in [2.24, 2.45) is 11.3 Å². The van der Waals surface area contributed by atoms with E-state index in [9.17, 15) is 9.59 Å². The maximum Gasteiger partial charge on any atom is 0.407 e. The summed E-state index contributed by atoms with van der Waals surface area (Å²) in [5.74, 6) is 0.0290. The molecule has 18 heavy (non-hydrogen) atoms. The lowest BCUT2D eigenvalue weighted by Crippen LogP contribution is -2.50. The Morgan fingerprint density at radius 3 is 2.33 bits per heavy atom. The summed E-state index contributed by atoms with van der Waals surface area (Å²) in [6.45, 7) is 9.64. The fraction of sp³-hybridized carbons (Fsp3) is 0.846. The zero-order valence-electron chi connectivity index (χ0n) is 11.9. The SMILES string of the molecule is COC(=O)NC(C(=O)N1CCC(C)(C)C1)C(C)C. The molecule has 5 heteroatoms. The highest BCUT2D eigenvalue weighted by atomic mass is 16.5. The first-order valence-corrected chi connectivity index (χ1v) is 6.40. The van der Waals surface area contributed by atoms with E-state index in [1.54, 1.807) is 0 Å². The molecule has 0 saturated carbocycles. The predicted octanol–water partition coefficient (Wildman–Crippen LogP) is 1.63. The number of rotatable bonds is 3. The van der Waals surface area contributed by atoms with Crippen LogP contribution in [0.15, 0.2) is 0 Å². The quantitative estimate of drug-likeness (QED) is 0.835. The Morgan fingerprint density at radius 1 is 1.33 bits per heavy atom. The van der Waals surface area contributed by atoms with Gasteiger partial charge in [-0.1, -0.05) is 27.7 Å². The van der Waals surface area contributed by atoms with Crippen molar-refractivity contribution < 1.29 is 14.3 Å². The van der Waals surface area contributed by atoms with Gasteiger partial charge in [0.1, 0.15) is 6.04 Å². The molecule has 1 atom stereocenters. The first-order chi connectivity index (χ1) is 8.26. The number of carbonyl (C=O) groups is 2. The van der Waals surface area contributed by atoms with E-state index < -0.39 is 12.1 Å². The topological polar surface area (TPSA) is 58.6 Å². The van der Waals surface area contributed by atoms with Gasteiger partial charge in [-0.3, -0.25) is 4.79 Å². The van der Waals surface area contributed by atoms with Gasteiger partial charge < -0.3 is 15.0 Å². The van der Waals surface area contributed by atoms with E-state index in [1.165, 1.54) is 7.11 Å². The molecule has 1 rings (SSSR count). The Kier molecular flexibility index (Phi) is 4.59. The number of hydrogen-bond donors (Lipinski definition) is 1. The molecule has 0 aromatic heterocycles. The lowest BCUT2D eigenvalue weighted by Gasteiger charge is -2.27. The van der Waals surface area contributed by atoms with Gasteiger partial charge in [0.25, 0.3) is 0 Å². The minimum Gasteiger partial charge on any atom is -0.453 e. The van der Waals surface area contributed by atoms with E-state index in [-0.39, 0.29) is 17.2 Å². The highest BCUT2D eigenvalue weighted by Gasteiger charge is 2.36. The van der Waals surface area contributed by atoms with Gasteiger partial charge in [-0.05, 0) is 17.8 Å². The summed E-state index contributed by atoms with van der Waals surface area (Å²) in [6, 6.07) is -0.508. The number of methoxy groups -OCH3 is 1. The van der Waals surface area contributed by atoms with Crippen LogP contribution in [0.25, 0.3) is 0 Å². The van der Waals surface area contributed by atoms with Crippen molar-refractivity contribution in [1.29, 1.82) is 0 Å². The van der Waals surface area contributed by atoms with Crippen LogP contribution in [0.3, 0.4) is 0 Å². The lowest BCUT2D eigenvalue weighted by molar-refractivity contribution is -0.133. The molecule has 2 amide bonds. The van der Waals surface area contributed by atoms with Crippen molar-refractivity contribution in [3.63, 3.8) is 0 Å². The smallest absolute Gasteiger partial charge is 0.407 e. The molecule has 0 aromatic rings. The Morgan fingerprint density at radius 2 is 1.94 bits per heavy atom. The highest BCUT2D eigenvalue weighted by Crippen LogP contribution is 2.29. The van der Waals surface area contributed by atoms with Crippen molar-refractivity contribution in [2.75, 3.05) is 20.2 Å². The number of ether oxygens (including phenoxy) is 1. The molecule has 1 N–H and O–H groups in total. The molecular formula is C13H24N2O3. The van der Waals surface area contributed by atoms with Gasteiger partial charge in [0.2, 0.25) is 5.91 Å². The van der Waals surface area contributed by atoms with E-state index in [1.807, 2.05) is 18.7 Å². The van der Waals surface area contributed by atoms with E-state index in [4.69, 9.17) is 0 Å². The second-order valence-corrected chi connectivity index (χ2v) is 6.03. The maximum absolute atomic E-state index is 12.4. The molecule has 1 aliphatic heterocycles. The number of nitrogens with one attached hydrogen (secondary N) is 1. The molecule has 1 aliphatic rings. The molecule has 0 aliphatic carbocycles. The number of carbonyl (C=O) groups excluding carboxylic acids is 2. The third-order valence-electron chi connectivity index (χ3n) is 3.38. The van der Waals surface area contributed by atoms with E-state index in [0.29, 0.717) is 0 Å². The van der Waals surface area contributed by atoms with Crippen molar-refractivity contribution in [1.82, 2.24) is 10.2 Å². The van der Waals surface area contributed by atoms with Gasteiger partial charge in [0.15, 0.2) is 0 Å². The average Bonchev–Trinajstić information content (AvgIpc) is 2.64. The Labute approximate surface area is 109 Å². The van der Waals surface area contributed by atoms with Crippen molar-refractivity contribution in [2.45, 2.75) is 40.2 Å². The van der Waals surface area contributed by atoms with Crippen molar-refractivity contribution in [3.8, 4) is 0 Å². The summed E-state index contributed by atoms with van der Waals surface area (Å²) < 4.78 is 4.56. The highest BCUT2D eigenvalue weighted by molar-refractivity contribution is 5.86. The van der Waals surface area contributed by atoms with Crippen molar-refractivity contribution >= 4 is 12.0 Å². The molecule has 1 heterocycles. The van der Waals surface area contributed by atoms with Crippen LogP contribution in [-0.2, 0) is 9.53 Å². The summed E-state index contributed by atoms with van der Waals surface area (Å²) in [5.41, 5.74) is 0.169. The second-order valence-electron chi connectivity index (χ2n) is 6.03. The zero-order chi connectivity index (χ0) is 13.9. The van der Waals surface area contributed by atoms with Crippen LogP contribution < -0.4 is 5.32 Å². The maximum atomic E-state index is 12.4. The first-order valence-electron chi connectivity index (χ1n) is 6.40. The zero-order valence-corrected chi connectivity index (χ0v) is 11.9. The van der Waals surface area contributed by atoms with Crippen LogP contribution >= 0.6 is 0 Å². The van der Waals surface area contributed by atoms with Crippen LogP contribution in [-0.4, -0.2) is 43.1 Å². The van der Waals surface area contributed by atoms with Crippen LogP contribution in [0.4, 0.5) is 4.79 Å². The molecule has 0 bridgehead atoms. The van der Waals surface area contributed by atoms with Gasteiger partial charge in [-0.2, -0.15) is 0 Å². The van der Waals surface area contributed by atoms with Gasteiger partial charge in [-0.25, -0.2) is 4.79 Å². The lowest BCUT2D eigenvalue weighted by atomic mass is 9.93. The third kappa shape index (κ3) is 3.62. The van der Waals surface area contributed by atoms with Crippen LogP contribution in [0.5, 0.6) is 0 Å². The number of hydrogen-bond acceptors (Lipinski definition) is 3. The van der Waals surface area contributed by atoms with Crippen LogP contribution in [0.2, 0.25) is 0 Å².